The standard InChI is InChI=1S/C82H111BN4O8/c1-19-23-31-54(21-3)48-86-75(90)58-35-36-59-71-70(58)61(77(86)92)45-60(72(71)78(93)87(76(59)91)49-55(22-4)32-24-20-2)56-33-37-66-64(43-56)79(11,12)68(84(66)41-39-52(9)29-25-27-50(5)6)46-62-73(88)63(74(62)89)47-69-80(13,14)65-44-57(83-94-81(15,16)82(17,18)95-83)34-38-67(65)85(69)42-40-53(10)30-26-28-51(7)8/h33-38,43-47,50-55H,19-32,39-42,48-49H2,1-18H3. The summed E-state index contributed by atoms with van der Waals surface area (Å²) >= 11 is 0. The topological polar surface area (TPSA) is 140 Å². The minimum Gasteiger partial charge on any atom is -0.871 e. The third kappa shape index (κ3) is 13.5. The van der Waals surface area contributed by atoms with Crippen LogP contribution in [0.4, 0.5) is 11.4 Å². The van der Waals surface area contributed by atoms with Crippen LogP contribution >= 0.6 is 0 Å². The Hall–Kier alpha value is -6.44. The lowest BCUT2D eigenvalue weighted by molar-refractivity contribution is -0.439. The predicted octanol–water partition coefficient (Wildman–Crippen LogP) is 17.3. The summed E-state index contributed by atoms with van der Waals surface area (Å²) in [5.41, 5.74) is 7.19. The van der Waals surface area contributed by atoms with Gasteiger partial charge in [-0.25, -0.2) is 0 Å². The van der Waals surface area contributed by atoms with Crippen LogP contribution in [0.5, 0.6) is 0 Å². The van der Waals surface area contributed by atoms with Crippen molar-refractivity contribution in [3.05, 3.63) is 123 Å². The van der Waals surface area contributed by atoms with Gasteiger partial charge in [0.15, 0.2) is 11.5 Å². The van der Waals surface area contributed by atoms with Crippen molar-refractivity contribution in [2.75, 3.05) is 31.1 Å². The number of ketones is 1. The van der Waals surface area contributed by atoms with Crippen LogP contribution in [0.2, 0.25) is 0 Å². The van der Waals surface area contributed by atoms with E-state index in [-0.39, 0.29) is 47.6 Å². The smallest absolute Gasteiger partial charge is 0.494 e. The van der Waals surface area contributed by atoms with E-state index in [0.717, 1.165) is 136 Å². The second-order valence-electron chi connectivity index (χ2n) is 32.2. The Morgan fingerprint density at radius 3 is 1.66 bits per heavy atom. The van der Waals surface area contributed by atoms with Gasteiger partial charge in [-0.15, -0.1) is 0 Å². The van der Waals surface area contributed by atoms with Gasteiger partial charge in [0, 0.05) is 99.2 Å². The Morgan fingerprint density at radius 2 is 1.11 bits per heavy atom. The summed E-state index contributed by atoms with van der Waals surface area (Å²) in [5, 5.41) is 15.9. The number of imide groups is 2. The molecule has 1 aliphatic carbocycles. The molecule has 510 valence electrons. The third-order valence-electron chi connectivity index (χ3n) is 23.0. The van der Waals surface area contributed by atoms with Crippen molar-refractivity contribution in [1.82, 2.24) is 9.80 Å². The Balaban J connectivity index is 1.07. The Morgan fingerprint density at radius 1 is 0.547 bits per heavy atom. The maximum absolute atomic E-state index is 15.6. The van der Waals surface area contributed by atoms with E-state index < -0.39 is 52.8 Å². The number of fused-ring (bicyclic) bond motifs is 2. The van der Waals surface area contributed by atoms with E-state index in [2.05, 4.69) is 164 Å². The fourth-order valence-corrected chi connectivity index (χ4v) is 15.7. The molecule has 4 atom stereocenters. The van der Waals surface area contributed by atoms with Crippen molar-refractivity contribution in [3.63, 3.8) is 0 Å². The van der Waals surface area contributed by atoms with E-state index >= 15 is 19.5 Å². The zero-order valence-electron chi connectivity index (χ0n) is 61.1. The SMILES string of the molecule is CCCCC(CC)CN1C(=O)c2ccc3c4c(c(-c5ccc6c(c5)C(C)(C)C(/C=C5/C(=O)C(/C=C7/N(CCC(C)CCCC(C)C)c8ccc(B9OC(C)(C)C(C)(C)O9)cc8C7(C)C)=C5[O-])=[N+]6CCC(C)CCCC(C)C)cc(c24)C1=O)C(=O)N(CC(CC)CCCC)C3=O. The van der Waals surface area contributed by atoms with Gasteiger partial charge < -0.3 is 19.3 Å². The number of unbranched alkanes of at least 4 members (excludes halogenated alkanes) is 2. The molecule has 10 rings (SSSR count). The number of allylic oxidation sites excluding steroid dienone is 5. The lowest BCUT2D eigenvalue weighted by atomic mass is 9.74. The maximum Gasteiger partial charge on any atom is 0.494 e. The molecule has 0 spiro atoms. The largest absolute Gasteiger partial charge is 0.871 e. The molecule has 0 bridgehead atoms. The number of anilines is 1. The third-order valence-corrected chi connectivity index (χ3v) is 23.0. The molecule has 0 radical (unpaired) electrons. The summed E-state index contributed by atoms with van der Waals surface area (Å²) in [7, 11) is -0.548. The fourth-order valence-electron chi connectivity index (χ4n) is 15.7. The average Bonchev–Trinajstić information content (AvgIpc) is 1.34. The first-order valence-corrected chi connectivity index (χ1v) is 36.8. The molecule has 95 heavy (non-hydrogen) atoms. The number of carbonyl (C=O) groups is 5. The van der Waals surface area contributed by atoms with Crippen molar-refractivity contribution in [2.24, 2.45) is 35.5 Å². The van der Waals surface area contributed by atoms with Gasteiger partial charge in [-0.3, -0.25) is 33.8 Å². The number of amides is 4. The zero-order chi connectivity index (χ0) is 69.0. The highest BCUT2D eigenvalue weighted by Crippen LogP contribution is 2.51. The van der Waals surface area contributed by atoms with E-state index in [1.54, 1.807) is 12.1 Å². The van der Waals surface area contributed by atoms with Crippen LogP contribution in [0.3, 0.4) is 0 Å². The van der Waals surface area contributed by atoms with Gasteiger partial charge in [0.25, 0.3) is 23.6 Å². The molecule has 0 saturated carbocycles. The molecule has 4 unspecified atom stereocenters. The van der Waals surface area contributed by atoms with E-state index in [0.29, 0.717) is 74.4 Å². The molecule has 13 heteroatoms. The van der Waals surface area contributed by atoms with Crippen LogP contribution in [-0.2, 0) is 24.9 Å². The molecule has 0 aromatic heterocycles. The maximum atomic E-state index is 15.6. The summed E-state index contributed by atoms with van der Waals surface area (Å²) in [6.07, 6.45) is 19.8. The molecule has 4 aromatic rings. The highest BCUT2D eigenvalue weighted by Gasteiger charge is 2.53. The lowest BCUT2D eigenvalue weighted by Crippen LogP contribution is -2.45. The van der Waals surface area contributed by atoms with Gasteiger partial charge in [0.1, 0.15) is 6.54 Å². The number of nitrogens with zero attached hydrogens (tertiary/aromatic N) is 4. The molecule has 6 aliphatic rings. The van der Waals surface area contributed by atoms with E-state index in [4.69, 9.17) is 9.31 Å². The summed E-state index contributed by atoms with van der Waals surface area (Å²) in [6.45, 7) is 41.1. The molecule has 5 heterocycles. The first-order chi connectivity index (χ1) is 44.9. The zero-order valence-corrected chi connectivity index (χ0v) is 61.1. The summed E-state index contributed by atoms with van der Waals surface area (Å²) in [6, 6.07) is 17.9. The van der Waals surface area contributed by atoms with Crippen molar-refractivity contribution >= 4 is 69.9 Å². The molecule has 4 aromatic carbocycles. The van der Waals surface area contributed by atoms with Crippen LogP contribution < -0.4 is 15.5 Å². The van der Waals surface area contributed by atoms with Gasteiger partial charge in [-0.05, 0) is 161 Å². The highest BCUT2D eigenvalue weighted by atomic mass is 16.7. The van der Waals surface area contributed by atoms with Crippen molar-refractivity contribution in [1.29, 1.82) is 0 Å². The van der Waals surface area contributed by atoms with E-state index in [1.807, 2.05) is 24.3 Å². The number of Topliss-reactive ketones (excluding diaryl/α,β-unsaturated/α-hetero) is 1. The van der Waals surface area contributed by atoms with Crippen LogP contribution in [-0.4, -0.2) is 94.0 Å². The number of benzene rings is 4. The average molecular weight is 1290 g/mol. The molecule has 12 nitrogen and oxygen atoms in total. The highest BCUT2D eigenvalue weighted by molar-refractivity contribution is 6.62. The van der Waals surface area contributed by atoms with Crippen molar-refractivity contribution < 1.29 is 43.0 Å². The lowest BCUT2D eigenvalue weighted by Gasteiger charge is -2.35. The molecular formula is C82H111BN4O8. The van der Waals surface area contributed by atoms with Crippen molar-refractivity contribution in [2.45, 2.75) is 249 Å². The first-order valence-electron chi connectivity index (χ1n) is 36.8. The normalized spacial score (nSPS) is 20.6. The summed E-state index contributed by atoms with van der Waals surface area (Å²) < 4.78 is 15.5. The summed E-state index contributed by atoms with van der Waals surface area (Å²) in [5.74, 6) is 0.145. The second-order valence-corrected chi connectivity index (χ2v) is 32.2. The van der Waals surface area contributed by atoms with Gasteiger partial charge in [0.05, 0.1) is 22.2 Å². The van der Waals surface area contributed by atoms with Crippen LogP contribution in [0.1, 0.15) is 280 Å². The quantitative estimate of drug-likeness (QED) is 0.0216. The monoisotopic (exact) mass is 1290 g/mol. The van der Waals surface area contributed by atoms with Gasteiger partial charge in [-0.2, -0.15) is 4.58 Å². The van der Waals surface area contributed by atoms with Gasteiger partial charge in [-0.1, -0.05) is 178 Å². The first kappa shape index (κ1) is 71.3. The number of rotatable bonds is 30. The van der Waals surface area contributed by atoms with Crippen molar-refractivity contribution in [3.8, 4) is 11.1 Å². The van der Waals surface area contributed by atoms with Crippen LogP contribution in [0, 0.1) is 35.5 Å². The molecule has 0 N–H and O–H groups in total. The number of hydrogen-bond donors (Lipinski definition) is 0. The Kier molecular flexibility index (Phi) is 21.2. The number of carbonyl (C=O) groups excluding carboxylic acids is 5. The second kappa shape index (κ2) is 28.2. The van der Waals surface area contributed by atoms with Gasteiger partial charge >= 0.3 is 7.12 Å². The minimum absolute atomic E-state index is 0.0938. The number of hydrogen-bond acceptors (Lipinski definition) is 9. The van der Waals surface area contributed by atoms with Crippen LogP contribution in [0.25, 0.3) is 21.9 Å². The van der Waals surface area contributed by atoms with E-state index in [1.165, 1.54) is 22.6 Å². The fraction of sp³-hybridized carbons (Fsp3) is 0.585. The minimum atomic E-state index is -0.770. The van der Waals surface area contributed by atoms with Gasteiger partial charge in [0.2, 0.25) is 5.69 Å². The molecule has 5 aliphatic heterocycles. The molecule has 1 fully saturated rings. The van der Waals surface area contributed by atoms with Crippen LogP contribution in [0.15, 0.2) is 89.4 Å². The molecule has 1 saturated heterocycles. The molecule has 4 amide bonds. The Labute approximate surface area is 569 Å². The molecular weight excluding hydrogens is 1180 g/mol. The Bertz CT molecular complexity index is 3780. The summed E-state index contributed by atoms with van der Waals surface area (Å²) in [4.78, 5) is 80.8. The van der Waals surface area contributed by atoms with E-state index in [9.17, 15) is 9.59 Å². The predicted molar refractivity (Wildman–Crippen MR) is 385 cm³/mol.